The zero-order valence-electron chi connectivity index (χ0n) is 11.5. The Labute approximate surface area is 118 Å². The lowest BCUT2D eigenvalue weighted by Crippen LogP contribution is -2.44. The monoisotopic (exact) mass is 277 g/mol. The van der Waals surface area contributed by atoms with E-state index in [1.807, 2.05) is 11.8 Å². The van der Waals surface area contributed by atoms with Crippen LogP contribution in [0.25, 0.3) is 0 Å². The zero-order chi connectivity index (χ0) is 14.5. The SMILES string of the molecule is CC1CCCCN1C(=O)COc1cccc(C(=O)O)c1. The second-order valence-electron chi connectivity index (χ2n) is 5.05. The summed E-state index contributed by atoms with van der Waals surface area (Å²) in [6.07, 6.45) is 3.22. The topological polar surface area (TPSA) is 66.8 Å². The van der Waals surface area contributed by atoms with Gasteiger partial charge >= 0.3 is 5.97 Å². The Morgan fingerprint density at radius 3 is 2.90 bits per heavy atom. The third-order valence-corrected chi connectivity index (χ3v) is 3.57. The number of carboxylic acid groups (broad SMARTS) is 1. The molecular weight excluding hydrogens is 258 g/mol. The highest BCUT2D eigenvalue weighted by Crippen LogP contribution is 2.17. The number of nitrogens with zero attached hydrogens (tertiary/aromatic N) is 1. The number of piperidine rings is 1. The van der Waals surface area contributed by atoms with Gasteiger partial charge in [-0.1, -0.05) is 6.07 Å². The van der Waals surface area contributed by atoms with Crippen molar-refractivity contribution in [1.82, 2.24) is 4.90 Å². The Bertz CT molecular complexity index is 500. The molecule has 1 heterocycles. The molecule has 0 aromatic heterocycles. The number of hydrogen-bond donors (Lipinski definition) is 1. The van der Waals surface area contributed by atoms with E-state index in [4.69, 9.17) is 9.84 Å². The molecule has 0 spiro atoms. The molecule has 20 heavy (non-hydrogen) atoms. The normalized spacial score (nSPS) is 18.6. The maximum absolute atomic E-state index is 12.1. The van der Waals surface area contributed by atoms with Crippen molar-refractivity contribution in [3.63, 3.8) is 0 Å². The van der Waals surface area contributed by atoms with E-state index in [2.05, 4.69) is 0 Å². The molecule has 0 saturated carbocycles. The smallest absolute Gasteiger partial charge is 0.335 e. The molecule has 1 amide bonds. The number of amides is 1. The largest absolute Gasteiger partial charge is 0.484 e. The van der Waals surface area contributed by atoms with Gasteiger partial charge in [0.2, 0.25) is 0 Å². The third-order valence-electron chi connectivity index (χ3n) is 3.57. The van der Waals surface area contributed by atoms with E-state index < -0.39 is 5.97 Å². The number of carbonyl (C=O) groups is 2. The maximum Gasteiger partial charge on any atom is 0.335 e. The molecule has 1 aliphatic heterocycles. The van der Waals surface area contributed by atoms with E-state index in [0.717, 1.165) is 25.8 Å². The number of carbonyl (C=O) groups excluding carboxylic acids is 1. The van der Waals surface area contributed by atoms with Crippen LogP contribution >= 0.6 is 0 Å². The molecule has 1 atom stereocenters. The maximum atomic E-state index is 12.1. The Morgan fingerprint density at radius 2 is 2.20 bits per heavy atom. The van der Waals surface area contributed by atoms with Gasteiger partial charge in [-0.05, 0) is 44.4 Å². The Kier molecular flexibility index (Phi) is 4.61. The molecule has 1 N–H and O–H groups in total. The first-order chi connectivity index (χ1) is 9.58. The molecular formula is C15H19NO4. The molecule has 0 radical (unpaired) electrons. The third kappa shape index (κ3) is 3.50. The number of aromatic carboxylic acids is 1. The van der Waals surface area contributed by atoms with Gasteiger partial charge in [0.25, 0.3) is 5.91 Å². The molecule has 1 aromatic rings. The van der Waals surface area contributed by atoms with Crippen LogP contribution in [-0.4, -0.2) is 41.1 Å². The first-order valence-corrected chi connectivity index (χ1v) is 6.83. The Hall–Kier alpha value is -2.04. The summed E-state index contributed by atoms with van der Waals surface area (Å²) in [6, 6.07) is 6.43. The number of carboxylic acids is 1. The quantitative estimate of drug-likeness (QED) is 0.916. The van der Waals surface area contributed by atoms with Crippen molar-refractivity contribution >= 4 is 11.9 Å². The lowest BCUT2D eigenvalue weighted by Gasteiger charge is -2.33. The summed E-state index contributed by atoms with van der Waals surface area (Å²) in [5.74, 6) is -0.646. The highest BCUT2D eigenvalue weighted by molar-refractivity contribution is 5.88. The number of likely N-dealkylation sites (tertiary alicyclic amines) is 1. The predicted octanol–water partition coefficient (Wildman–Crippen LogP) is 2.16. The zero-order valence-corrected chi connectivity index (χ0v) is 11.5. The van der Waals surface area contributed by atoms with Gasteiger partial charge in [0.05, 0.1) is 5.56 Å². The summed E-state index contributed by atoms with van der Waals surface area (Å²) < 4.78 is 5.41. The van der Waals surface area contributed by atoms with E-state index in [0.29, 0.717) is 5.75 Å². The van der Waals surface area contributed by atoms with Gasteiger partial charge in [-0.2, -0.15) is 0 Å². The molecule has 108 valence electrons. The molecule has 1 saturated heterocycles. The summed E-state index contributed by atoms with van der Waals surface area (Å²) in [4.78, 5) is 24.8. The fraction of sp³-hybridized carbons (Fsp3) is 0.467. The summed E-state index contributed by atoms with van der Waals surface area (Å²) in [7, 11) is 0. The van der Waals surface area contributed by atoms with E-state index >= 15 is 0 Å². The van der Waals surface area contributed by atoms with Gasteiger partial charge < -0.3 is 14.7 Å². The Balaban J connectivity index is 1.92. The average Bonchev–Trinajstić information content (AvgIpc) is 2.45. The summed E-state index contributed by atoms with van der Waals surface area (Å²) >= 11 is 0. The molecule has 2 rings (SSSR count). The molecule has 0 bridgehead atoms. The van der Waals surface area contributed by atoms with E-state index in [1.54, 1.807) is 12.1 Å². The van der Waals surface area contributed by atoms with Crippen molar-refractivity contribution in [3.8, 4) is 5.75 Å². The molecule has 1 unspecified atom stereocenters. The minimum Gasteiger partial charge on any atom is -0.484 e. The highest BCUT2D eigenvalue weighted by Gasteiger charge is 2.23. The second kappa shape index (κ2) is 6.41. The highest BCUT2D eigenvalue weighted by atomic mass is 16.5. The van der Waals surface area contributed by atoms with Crippen molar-refractivity contribution in [2.24, 2.45) is 0 Å². The second-order valence-corrected chi connectivity index (χ2v) is 5.05. The minimum absolute atomic E-state index is 0.0436. The van der Waals surface area contributed by atoms with Gasteiger partial charge in [-0.3, -0.25) is 4.79 Å². The van der Waals surface area contributed by atoms with E-state index in [-0.39, 0.29) is 24.1 Å². The fourth-order valence-corrected chi connectivity index (χ4v) is 2.42. The van der Waals surface area contributed by atoms with Crippen LogP contribution in [0.4, 0.5) is 0 Å². The lowest BCUT2D eigenvalue weighted by molar-refractivity contribution is -0.136. The van der Waals surface area contributed by atoms with Gasteiger partial charge in [-0.25, -0.2) is 4.79 Å². The molecule has 1 aliphatic rings. The first kappa shape index (κ1) is 14.4. The number of hydrogen-bond acceptors (Lipinski definition) is 3. The summed E-state index contributed by atoms with van der Waals surface area (Å²) in [5.41, 5.74) is 0.154. The van der Waals surface area contributed by atoms with Gasteiger partial charge in [-0.15, -0.1) is 0 Å². The van der Waals surface area contributed by atoms with Crippen molar-refractivity contribution < 1.29 is 19.4 Å². The van der Waals surface area contributed by atoms with E-state index in [9.17, 15) is 9.59 Å². The first-order valence-electron chi connectivity index (χ1n) is 6.83. The average molecular weight is 277 g/mol. The number of ether oxygens (including phenoxy) is 1. The molecule has 5 heteroatoms. The minimum atomic E-state index is -1.01. The number of rotatable bonds is 4. The fourth-order valence-electron chi connectivity index (χ4n) is 2.42. The summed E-state index contributed by atoms with van der Waals surface area (Å²) in [6.45, 7) is 2.77. The van der Waals surface area contributed by atoms with Crippen LogP contribution in [-0.2, 0) is 4.79 Å². The van der Waals surface area contributed by atoms with Gasteiger partial charge in [0, 0.05) is 12.6 Å². The van der Waals surface area contributed by atoms with Crippen molar-refractivity contribution in [2.75, 3.05) is 13.2 Å². The standard InChI is InChI=1S/C15H19NO4/c1-11-5-2-3-8-16(11)14(17)10-20-13-7-4-6-12(9-13)15(18)19/h4,6-7,9,11H,2-3,5,8,10H2,1H3,(H,18,19). The van der Waals surface area contributed by atoms with Crippen LogP contribution in [0.5, 0.6) is 5.75 Å². The van der Waals surface area contributed by atoms with Gasteiger partial charge in [0.15, 0.2) is 6.61 Å². The van der Waals surface area contributed by atoms with Crippen LogP contribution in [0.3, 0.4) is 0 Å². The molecule has 1 fully saturated rings. The molecule has 0 aliphatic carbocycles. The van der Waals surface area contributed by atoms with Crippen molar-refractivity contribution in [3.05, 3.63) is 29.8 Å². The molecule has 1 aromatic carbocycles. The van der Waals surface area contributed by atoms with Crippen LogP contribution in [0.15, 0.2) is 24.3 Å². The number of benzene rings is 1. The Morgan fingerprint density at radius 1 is 1.40 bits per heavy atom. The summed E-state index contributed by atoms with van der Waals surface area (Å²) in [5, 5.41) is 8.89. The van der Waals surface area contributed by atoms with Crippen LogP contribution in [0.2, 0.25) is 0 Å². The van der Waals surface area contributed by atoms with Crippen LogP contribution in [0.1, 0.15) is 36.5 Å². The van der Waals surface area contributed by atoms with Crippen molar-refractivity contribution in [1.29, 1.82) is 0 Å². The lowest BCUT2D eigenvalue weighted by atomic mass is 10.0. The van der Waals surface area contributed by atoms with E-state index in [1.165, 1.54) is 12.1 Å². The van der Waals surface area contributed by atoms with Gasteiger partial charge in [0.1, 0.15) is 5.75 Å². The van der Waals surface area contributed by atoms with Crippen LogP contribution < -0.4 is 4.74 Å². The van der Waals surface area contributed by atoms with Crippen molar-refractivity contribution in [2.45, 2.75) is 32.2 Å². The molecule has 5 nitrogen and oxygen atoms in total. The van der Waals surface area contributed by atoms with Crippen LogP contribution in [0, 0.1) is 0 Å². The predicted molar refractivity (Wildman–Crippen MR) is 73.9 cm³/mol.